The summed E-state index contributed by atoms with van der Waals surface area (Å²) in [4.78, 5) is 27.9. The van der Waals surface area contributed by atoms with Gasteiger partial charge >= 0.3 is 6.03 Å². The Morgan fingerprint density at radius 3 is 2.72 bits per heavy atom. The number of piperazine rings is 1. The third kappa shape index (κ3) is 3.49. The lowest BCUT2D eigenvalue weighted by Gasteiger charge is -2.36. The molecule has 2 aliphatic heterocycles. The highest BCUT2D eigenvalue weighted by atomic mass is 16.2. The molecule has 2 aromatic heterocycles. The number of carbonyl (C=O) groups is 1. The third-order valence-electron chi connectivity index (χ3n) is 4.92. The van der Waals surface area contributed by atoms with Crippen LogP contribution in [0.3, 0.4) is 0 Å². The maximum absolute atomic E-state index is 12.6. The van der Waals surface area contributed by atoms with Crippen LogP contribution in [-0.4, -0.2) is 62.9 Å². The lowest BCUT2D eigenvalue weighted by Crippen LogP contribution is -2.51. The minimum absolute atomic E-state index is 0.143. The number of hydrogen-bond donors (Lipinski definition) is 0. The van der Waals surface area contributed by atoms with Crippen LogP contribution in [0, 0.1) is 6.92 Å². The number of urea groups is 1. The van der Waals surface area contributed by atoms with E-state index in [1.165, 1.54) is 0 Å². The van der Waals surface area contributed by atoms with Gasteiger partial charge in [-0.15, -0.1) is 0 Å². The van der Waals surface area contributed by atoms with Gasteiger partial charge in [0.2, 0.25) is 0 Å². The molecule has 4 heterocycles. The molecule has 2 aliphatic rings. The fraction of sp³-hybridized carbons (Fsp3) is 0.421. The summed E-state index contributed by atoms with van der Waals surface area (Å²) >= 11 is 0. The first-order valence-corrected chi connectivity index (χ1v) is 8.79. The molecule has 0 radical (unpaired) electrons. The molecule has 25 heavy (non-hydrogen) atoms. The minimum atomic E-state index is 0.143. The van der Waals surface area contributed by atoms with E-state index in [-0.39, 0.29) is 12.1 Å². The highest BCUT2D eigenvalue weighted by molar-refractivity contribution is 5.77. The van der Waals surface area contributed by atoms with Crippen molar-refractivity contribution in [2.75, 3.05) is 26.2 Å². The van der Waals surface area contributed by atoms with Crippen molar-refractivity contribution in [1.29, 1.82) is 0 Å². The number of aryl methyl sites for hydroxylation is 1. The summed E-state index contributed by atoms with van der Waals surface area (Å²) in [5.74, 6) is 0. The minimum Gasteiger partial charge on any atom is -0.317 e. The molecule has 0 N–H and O–H groups in total. The molecule has 2 saturated heterocycles. The summed E-state index contributed by atoms with van der Waals surface area (Å²) in [6.07, 6.45) is 1.78. The molecule has 130 valence electrons. The van der Waals surface area contributed by atoms with Gasteiger partial charge in [-0.05, 0) is 31.2 Å². The molecule has 2 fully saturated rings. The normalized spacial score (nSPS) is 20.8. The van der Waals surface area contributed by atoms with Crippen LogP contribution in [0.4, 0.5) is 4.79 Å². The Balaban J connectivity index is 1.39. The fourth-order valence-electron chi connectivity index (χ4n) is 3.72. The van der Waals surface area contributed by atoms with Crippen LogP contribution in [0.25, 0.3) is 0 Å². The molecule has 1 unspecified atom stereocenters. The first kappa shape index (κ1) is 16.0. The maximum Gasteiger partial charge on any atom is 0.320 e. The smallest absolute Gasteiger partial charge is 0.317 e. The van der Waals surface area contributed by atoms with Gasteiger partial charge in [-0.3, -0.25) is 14.9 Å². The highest BCUT2D eigenvalue weighted by Gasteiger charge is 2.40. The lowest BCUT2D eigenvalue weighted by atomic mass is 10.2. The molecule has 4 rings (SSSR count). The van der Waals surface area contributed by atoms with Crippen molar-refractivity contribution in [1.82, 2.24) is 24.7 Å². The molecular formula is C19H23N5O. The molecule has 1 atom stereocenters. The van der Waals surface area contributed by atoms with E-state index in [1.807, 2.05) is 41.0 Å². The van der Waals surface area contributed by atoms with E-state index in [9.17, 15) is 4.79 Å². The molecule has 6 heteroatoms. The van der Waals surface area contributed by atoms with Crippen molar-refractivity contribution >= 4 is 6.03 Å². The Morgan fingerprint density at radius 2 is 1.92 bits per heavy atom. The van der Waals surface area contributed by atoms with Gasteiger partial charge in [0.05, 0.1) is 24.0 Å². The van der Waals surface area contributed by atoms with E-state index >= 15 is 0 Å². The van der Waals surface area contributed by atoms with Gasteiger partial charge in [0.1, 0.15) is 0 Å². The van der Waals surface area contributed by atoms with E-state index < -0.39 is 0 Å². The van der Waals surface area contributed by atoms with Gasteiger partial charge in [0.25, 0.3) is 0 Å². The van der Waals surface area contributed by atoms with E-state index in [0.29, 0.717) is 6.54 Å². The lowest BCUT2D eigenvalue weighted by molar-refractivity contribution is 0.115. The molecule has 2 aromatic rings. The molecular weight excluding hydrogens is 314 g/mol. The van der Waals surface area contributed by atoms with Crippen molar-refractivity contribution in [2.24, 2.45) is 0 Å². The largest absolute Gasteiger partial charge is 0.320 e. The monoisotopic (exact) mass is 337 g/mol. The van der Waals surface area contributed by atoms with Crippen molar-refractivity contribution in [2.45, 2.75) is 26.1 Å². The fourth-order valence-corrected chi connectivity index (χ4v) is 3.72. The zero-order chi connectivity index (χ0) is 17.2. The Morgan fingerprint density at radius 1 is 1.04 bits per heavy atom. The standard InChI is InChI=1S/C19H23N5O/c1-15-5-4-7-17(21-15)11-22-9-10-24-18(13-22)14-23(19(24)25)12-16-6-2-3-8-20-16/h2-8,18H,9-14H2,1H3. The second-order valence-electron chi connectivity index (χ2n) is 6.84. The number of carbonyl (C=O) groups excluding carboxylic acids is 1. The average molecular weight is 337 g/mol. The Hall–Kier alpha value is -2.47. The predicted molar refractivity (Wildman–Crippen MR) is 94.8 cm³/mol. The Kier molecular flexibility index (Phi) is 4.36. The van der Waals surface area contributed by atoms with Gasteiger partial charge in [0, 0.05) is 44.6 Å². The zero-order valence-corrected chi connectivity index (χ0v) is 14.5. The molecule has 0 spiro atoms. The quantitative estimate of drug-likeness (QED) is 0.855. The van der Waals surface area contributed by atoms with Crippen LogP contribution in [0.1, 0.15) is 17.1 Å². The van der Waals surface area contributed by atoms with Gasteiger partial charge in [-0.1, -0.05) is 12.1 Å². The second-order valence-corrected chi connectivity index (χ2v) is 6.84. The summed E-state index contributed by atoms with van der Waals surface area (Å²) in [7, 11) is 0. The first-order chi connectivity index (χ1) is 12.2. The van der Waals surface area contributed by atoms with Crippen molar-refractivity contribution < 1.29 is 4.79 Å². The van der Waals surface area contributed by atoms with Crippen LogP contribution < -0.4 is 0 Å². The summed E-state index contributed by atoms with van der Waals surface area (Å²) in [6, 6.07) is 12.4. The molecule has 0 aliphatic carbocycles. The Labute approximate surface area is 148 Å². The first-order valence-electron chi connectivity index (χ1n) is 8.79. The number of hydrogen-bond acceptors (Lipinski definition) is 4. The molecule has 6 nitrogen and oxygen atoms in total. The van der Waals surface area contributed by atoms with Crippen LogP contribution in [0.15, 0.2) is 42.6 Å². The van der Waals surface area contributed by atoms with Crippen LogP contribution in [-0.2, 0) is 13.1 Å². The van der Waals surface area contributed by atoms with Crippen LogP contribution in [0.5, 0.6) is 0 Å². The van der Waals surface area contributed by atoms with Crippen molar-refractivity contribution in [3.63, 3.8) is 0 Å². The van der Waals surface area contributed by atoms with Gasteiger partial charge in [-0.2, -0.15) is 0 Å². The number of aromatic nitrogens is 2. The highest BCUT2D eigenvalue weighted by Crippen LogP contribution is 2.22. The summed E-state index contributed by atoms with van der Waals surface area (Å²) in [5, 5.41) is 0. The van der Waals surface area contributed by atoms with Gasteiger partial charge in [0.15, 0.2) is 0 Å². The maximum atomic E-state index is 12.6. The van der Waals surface area contributed by atoms with E-state index in [4.69, 9.17) is 0 Å². The Bertz CT molecular complexity index is 750. The summed E-state index contributed by atoms with van der Waals surface area (Å²) < 4.78 is 0. The topological polar surface area (TPSA) is 52.6 Å². The summed E-state index contributed by atoms with van der Waals surface area (Å²) in [6.45, 7) is 6.82. The molecule has 0 aromatic carbocycles. The number of nitrogens with zero attached hydrogens (tertiary/aromatic N) is 5. The number of amides is 2. The van der Waals surface area contributed by atoms with Crippen LogP contribution >= 0.6 is 0 Å². The number of fused-ring (bicyclic) bond motifs is 1. The second kappa shape index (κ2) is 6.80. The van der Waals surface area contributed by atoms with Crippen LogP contribution in [0.2, 0.25) is 0 Å². The summed E-state index contributed by atoms with van der Waals surface area (Å²) in [5.41, 5.74) is 3.09. The average Bonchev–Trinajstić information content (AvgIpc) is 2.91. The molecule has 0 saturated carbocycles. The SMILES string of the molecule is Cc1cccc(CN2CCN3C(=O)N(Cc4ccccn4)CC3C2)n1. The third-order valence-corrected chi connectivity index (χ3v) is 4.92. The number of rotatable bonds is 4. The van der Waals surface area contributed by atoms with E-state index in [0.717, 1.165) is 49.8 Å². The van der Waals surface area contributed by atoms with E-state index in [1.54, 1.807) is 6.20 Å². The predicted octanol–water partition coefficient (Wildman–Crippen LogP) is 1.91. The molecule has 0 bridgehead atoms. The van der Waals surface area contributed by atoms with E-state index in [2.05, 4.69) is 27.0 Å². The number of pyridine rings is 2. The van der Waals surface area contributed by atoms with Crippen molar-refractivity contribution in [3.05, 3.63) is 59.7 Å². The van der Waals surface area contributed by atoms with Crippen molar-refractivity contribution in [3.8, 4) is 0 Å². The molecule has 2 amide bonds. The zero-order valence-electron chi connectivity index (χ0n) is 14.5. The van der Waals surface area contributed by atoms with Gasteiger partial charge in [-0.25, -0.2) is 4.79 Å². The van der Waals surface area contributed by atoms with Gasteiger partial charge < -0.3 is 9.80 Å².